The van der Waals surface area contributed by atoms with E-state index in [2.05, 4.69) is 5.32 Å². The van der Waals surface area contributed by atoms with Crippen LogP contribution in [0.15, 0.2) is 78.9 Å². The minimum absolute atomic E-state index is 0.305. The van der Waals surface area contributed by atoms with Crippen LogP contribution in [-0.2, 0) is 6.54 Å². The van der Waals surface area contributed by atoms with Crippen LogP contribution in [0.25, 0.3) is 0 Å². The molecule has 0 radical (unpaired) electrons. The van der Waals surface area contributed by atoms with Crippen LogP contribution < -0.4 is 10.2 Å². The lowest BCUT2D eigenvalue weighted by molar-refractivity contribution is -0.0954. The lowest BCUT2D eigenvalue weighted by Crippen LogP contribution is -2.58. The van der Waals surface area contributed by atoms with Gasteiger partial charge in [0.15, 0.2) is 6.17 Å². The molecule has 3 aromatic rings. The quantitative estimate of drug-likeness (QED) is 0.312. The van der Waals surface area contributed by atoms with Gasteiger partial charge in [0.25, 0.3) is 0 Å². The highest BCUT2D eigenvalue weighted by molar-refractivity contribution is 6.31. The molecule has 2 N–H and O–H groups in total. The molecule has 0 bridgehead atoms. The van der Waals surface area contributed by atoms with Gasteiger partial charge in [-0.2, -0.15) is 5.06 Å². The van der Waals surface area contributed by atoms with Crippen LogP contribution >= 0.6 is 23.2 Å². The van der Waals surface area contributed by atoms with Gasteiger partial charge in [0, 0.05) is 28.0 Å². The first kappa shape index (κ1) is 23.9. The van der Waals surface area contributed by atoms with Gasteiger partial charge in [-0.25, -0.2) is 9.59 Å². The summed E-state index contributed by atoms with van der Waals surface area (Å²) < 4.78 is 0. The lowest BCUT2D eigenvalue weighted by atomic mass is 9.99. The van der Waals surface area contributed by atoms with Crippen molar-refractivity contribution in [2.75, 3.05) is 10.2 Å². The maximum absolute atomic E-state index is 13.7. The number of rotatable bonds is 5. The third-order valence-electron chi connectivity index (χ3n) is 5.83. The van der Waals surface area contributed by atoms with Crippen LogP contribution in [0.5, 0.6) is 0 Å². The minimum atomic E-state index is -1.03. The molecule has 7 nitrogen and oxygen atoms in total. The number of hydrogen-bond donors (Lipinski definition) is 2. The molecule has 1 atom stereocenters. The predicted octanol–water partition coefficient (Wildman–Crippen LogP) is 6.46. The van der Waals surface area contributed by atoms with E-state index in [0.717, 1.165) is 5.56 Å². The summed E-state index contributed by atoms with van der Waals surface area (Å²) in [6.45, 7) is 3.93. The second kappa shape index (κ2) is 9.54. The molecule has 1 aliphatic heterocycles. The molecule has 1 unspecified atom stereocenters. The molecule has 9 heteroatoms. The molecule has 0 aromatic heterocycles. The predicted molar refractivity (Wildman–Crippen MR) is 133 cm³/mol. The highest BCUT2D eigenvalue weighted by Crippen LogP contribution is 2.39. The van der Waals surface area contributed by atoms with Gasteiger partial charge in [-0.15, -0.1) is 0 Å². The van der Waals surface area contributed by atoms with Crippen molar-refractivity contribution in [1.29, 1.82) is 0 Å². The van der Waals surface area contributed by atoms with Crippen LogP contribution in [0.4, 0.5) is 21.0 Å². The fraction of sp³-hybridized carbons (Fsp3) is 0.200. The summed E-state index contributed by atoms with van der Waals surface area (Å²) in [5.74, 6) is 0. The van der Waals surface area contributed by atoms with Crippen LogP contribution in [0.1, 0.15) is 19.4 Å². The van der Waals surface area contributed by atoms with Crippen molar-refractivity contribution in [1.82, 2.24) is 9.96 Å². The number of halogens is 2. The molecule has 0 saturated carbocycles. The molecular weight excluding hydrogens is 475 g/mol. The highest BCUT2D eigenvalue weighted by Gasteiger charge is 2.56. The molecule has 0 spiro atoms. The van der Waals surface area contributed by atoms with Gasteiger partial charge in [-0.05, 0) is 67.9 Å². The minimum Gasteiger partial charge on any atom is -0.311 e. The normalized spacial score (nSPS) is 17.1. The maximum Gasteiger partial charge on any atom is 0.347 e. The van der Waals surface area contributed by atoms with Crippen LogP contribution in [0, 0.1) is 0 Å². The number of hydroxylamine groups is 2. The second-order valence-electron chi connectivity index (χ2n) is 8.51. The van der Waals surface area contributed by atoms with Crippen molar-refractivity contribution in [3.05, 3.63) is 94.5 Å². The van der Waals surface area contributed by atoms with Gasteiger partial charge in [0.1, 0.15) is 0 Å². The molecule has 1 fully saturated rings. The molecule has 4 amide bonds. The summed E-state index contributed by atoms with van der Waals surface area (Å²) >= 11 is 12.0. The monoisotopic (exact) mass is 498 g/mol. The van der Waals surface area contributed by atoms with Crippen LogP contribution in [-0.4, -0.2) is 38.9 Å². The summed E-state index contributed by atoms with van der Waals surface area (Å²) in [6.07, 6.45) is -1.03. The van der Waals surface area contributed by atoms with Crippen molar-refractivity contribution in [3.8, 4) is 0 Å². The van der Waals surface area contributed by atoms with E-state index in [0.29, 0.717) is 33.0 Å². The van der Waals surface area contributed by atoms with E-state index in [1.54, 1.807) is 53.4 Å². The number of urea groups is 2. The van der Waals surface area contributed by atoms with Crippen LogP contribution in [0.2, 0.25) is 10.0 Å². The van der Waals surface area contributed by atoms with Gasteiger partial charge < -0.3 is 10.2 Å². The molecule has 34 heavy (non-hydrogen) atoms. The first-order valence-corrected chi connectivity index (χ1v) is 11.4. The average Bonchev–Trinajstić information content (AvgIpc) is 3.01. The number of carbonyl (C=O) groups excluding carboxylic acids is 2. The van der Waals surface area contributed by atoms with Gasteiger partial charge in [0.2, 0.25) is 0 Å². The number of nitrogens with one attached hydrogen (secondary N) is 1. The lowest BCUT2D eigenvalue weighted by Gasteiger charge is -2.38. The Bertz CT molecular complexity index is 1170. The number of amides is 4. The largest absolute Gasteiger partial charge is 0.347 e. The molecule has 0 aliphatic carbocycles. The Morgan fingerprint density at radius 3 is 2.12 bits per heavy atom. The Morgan fingerprint density at radius 2 is 1.53 bits per heavy atom. The van der Waals surface area contributed by atoms with Crippen LogP contribution in [0.3, 0.4) is 0 Å². The molecule has 1 aliphatic rings. The summed E-state index contributed by atoms with van der Waals surface area (Å²) in [5.41, 5.74) is 0.922. The van der Waals surface area contributed by atoms with E-state index in [-0.39, 0.29) is 6.03 Å². The first-order valence-electron chi connectivity index (χ1n) is 10.6. The van der Waals surface area contributed by atoms with Crippen molar-refractivity contribution in [2.24, 2.45) is 0 Å². The summed E-state index contributed by atoms with van der Waals surface area (Å²) in [7, 11) is 0. The molecule has 176 valence electrons. The van der Waals surface area contributed by atoms with Gasteiger partial charge in [-0.3, -0.25) is 10.1 Å². The van der Waals surface area contributed by atoms with E-state index in [1.807, 2.05) is 44.2 Å². The van der Waals surface area contributed by atoms with Crippen molar-refractivity contribution in [2.45, 2.75) is 32.1 Å². The Labute approximate surface area is 208 Å². The molecular formula is C25H24Cl2N4O3. The van der Waals surface area contributed by atoms with E-state index in [9.17, 15) is 14.8 Å². The number of carbonyl (C=O) groups is 2. The van der Waals surface area contributed by atoms with E-state index >= 15 is 0 Å². The van der Waals surface area contributed by atoms with Gasteiger partial charge in [0.05, 0.1) is 5.54 Å². The fourth-order valence-electron chi connectivity index (χ4n) is 4.06. The third kappa shape index (κ3) is 4.68. The number of nitrogens with zero attached hydrogens (tertiary/aromatic N) is 3. The Hall–Kier alpha value is -3.26. The smallest absolute Gasteiger partial charge is 0.311 e. The number of benzene rings is 3. The zero-order valence-corrected chi connectivity index (χ0v) is 20.2. The first-order chi connectivity index (χ1) is 16.2. The maximum atomic E-state index is 13.7. The van der Waals surface area contributed by atoms with Crippen molar-refractivity contribution < 1.29 is 14.8 Å². The topological polar surface area (TPSA) is 76.1 Å². The van der Waals surface area contributed by atoms with E-state index in [1.165, 1.54) is 4.90 Å². The van der Waals surface area contributed by atoms with E-state index in [4.69, 9.17) is 23.2 Å². The second-order valence-corrected chi connectivity index (χ2v) is 9.38. The average molecular weight is 499 g/mol. The molecule has 1 heterocycles. The zero-order valence-electron chi connectivity index (χ0n) is 18.7. The molecule has 4 rings (SSSR count). The van der Waals surface area contributed by atoms with Crippen molar-refractivity contribution in [3.63, 3.8) is 0 Å². The molecule has 3 aromatic carbocycles. The van der Waals surface area contributed by atoms with Gasteiger partial charge >= 0.3 is 12.1 Å². The summed E-state index contributed by atoms with van der Waals surface area (Å²) in [5, 5.41) is 15.3. The Balaban J connectivity index is 1.69. The zero-order chi connectivity index (χ0) is 24.5. The van der Waals surface area contributed by atoms with Crippen molar-refractivity contribution >= 4 is 46.6 Å². The third-order valence-corrected chi connectivity index (χ3v) is 6.34. The Morgan fingerprint density at radius 1 is 0.971 bits per heavy atom. The highest BCUT2D eigenvalue weighted by atomic mass is 35.5. The number of anilines is 2. The van der Waals surface area contributed by atoms with Gasteiger partial charge in [-0.1, -0.05) is 53.5 Å². The SMILES string of the molecule is CC1(C)C(N(O)C(=O)Nc2ccc(Cl)cc2)N(c2ccc(Cl)cc2)C(=O)N1Cc1ccccc1. The molecule has 1 saturated heterocycles. The van der Waals surface area contributed by atoms with E-state index < -0.39 is 17.7 Å². The standard InChI is InChI=1S/C25H24Cl2N4O3/c1-25(2)22(31(34)23(32)28-20-12-8-18(26)9-13-20)30(21-14-10-19(27)11-15-21)24(33)29(25)16-17-6-4-3-5-7-17/h3-15,22,34H,16H2,1-2H3,(H,28,32). The Kier molecular flexibility index (Phi) is 6.70. The fourth-order valence-corrected chi connectivity index (χ4v) is 4.31. The summed E-state index contributed by atoms with van der Waals surface area (Å²) in [6, 6.07) is 21.6. The number of hydrogen-bond acceptors (Lipinski definition) is 3. The summed E-state index contributed by atoms with van der Waals surface area (Å²) in [4.78, 5) is 29.8.